The molecule has 0 aromatic heterocycles. The molecule has 0 bridgehead atoms. The quantitative estimate of drug-likeness (QED) is 0.629. The Morgan fingerprint density at radius 2 is 2.42 bits per heavy atom. The predicted octanol–water partition coefficient (Wildman–Crippen LogP) is -0.606. The van der Waals surface area contributed by atoms with Crippen molar-refractivity contribution in [2.24, 2.45) is 10.7 Å². The minimum absolute atomic E-state index is 0.0697. The van der Waals surface area contributed by atoms with Gasteiger partial charge in [0.15, 0.2) is 0 Å². The van der Waals surface area contributed by atoms with Crippen molar-refractivity contribution >= 4 is 27.1 Å². The third kappa shape index (κ3) is 3.00. The maximum Gasteiger partial charge on any atom is 0.312 e. The first-order valence-electron chi connectivity index (χ1n) is 3.43. The standard InChI is InChI=1S/C5H10N2O3S2/c6-1-4-12(8,9)10-5-7-2-3-11-5/h1-4,6H2. The Bertz CT molecular complexity index is 272. The van der Waals surface area contributed by atoms with Gasteiger partial charge in [-0.25, -0.2) is 4.99 Å². The highest BCUT2D eigenvalue weighted by molar-refractivity contribution is 8.14. The van der Waals surface area contributed by atoms with Gasteiger partial charge in [-0.05, 0) is 0 Å². The number of aliphatic imine (C=N–C) groups is 1. The zero-order valence-corrected chi connectivity index (χ0v) is 8.03. The summed E-state index contributed by atoms with van der Waals surface area (Å²) in [4.78, 5) is 3.84. The lowest BCUT2D eigenvalue weighted by Crippen LogP contribution is -2.19. The molecule has 1 rings (SSSR count). The van der Waals surface area contributed by atoms with Crippen molar-refractivity contribution in [3.63, 3.8) is 0 Å². The van der Waals surface area contributed by atoms with E-state index in [0.29, 0.717) is 6.54 Å². The van der Waals surface area contributed by atoms with E-state index in [1.165, 1.54) is 11.8 Å². The van der Waals surface area contributed by atoms with Crippen molar-refractivity contribution in [2.45, 2.75) is 0 Å². The normalized spacial score (nSPS) is 17.6. The van der Waals surface area contributed by atoms with E-state index >= 15 is 0 Å². The van der Waals surface area contributed by atoms with Crippen molar-refractivity contribution in [1.29, 1.82) is 0 Å². The van der Waals surface area contributed by atoms with Gasteiger partial charge >= 0.3 is 10.1 Å². The third-order valence-electron chi connectivity index (χ3n) is 1.12. The fraction of sp³-hybridized carbons (Fsp3) is 0.800. The summed E-state index contributed by atoms with van der Waals surface area (Å²) in [5, 5.41) is 0.239. The Balaban J connectivity index is 2.49. The number of hydrogen-bond acceptors (Lipinski definition) is 6. The number of rotatable bonds is 3. The molecule has 0 saturated carbocycles. The van der Waals surface area contributed by atoms with Crippen LogP contribution < -0.4 is 5.73 Å². The molecule has 0 aromatic rings. The Morgan fingerprint density at radius 3 is 2.92 bits per heavy atom. The zero-order chi connectivity index (χ0) is 9.03. The molecule has 0 amide bonds. The lowest BCUT2D eigenvalue weighted by atomic mass is 10.8. The molecule has 2 N–H and O–H groups in total. The van der Waals surface area contributed by atoms with Gasteiger partial charge in [0.1, 0.15) is 0 Å². The Hall–Kier alpha value is -0.270. The Labute approximate surface area is 75.5 Å². The summed E-state index contributed by atoms with van der Waals surface area (Å²) in [5.41, 5.74) is 5.08. The van der Waals surface area contributed by atoms with Gasteiger partial charge in [0.2, 0.25) is 0 Å². The van der Waals surface area contributed by atoms with Crippen LogP contribution in [0.4, 0.5) is 0 Å². The molecule has 0 aliphatic carbocycles. The van der Waals surface area contributed by atoms with Gasteiger partial charge < -0.3 is 9.92 Å². The average Bonchev–Trinajstić information content (AvgIpc) is 2.38. The summed E-state index contributed by atoms with van der Waals surface area (Å²) in [6.07, 6.45) is 0. The largest absolute Gasteiger partial charge is 0.355 e. The first kappa shape index (κ1) is 9.82. The first-order chi connectivity index (χ1) is 5.64. The molecule has 0 aromatic carbocycles. The summed E-state index contributed by atoms with van der Waals surface area (Å²) in [5.74, 6) is 0.625. The predicted molar refractivity (Wildman–Crippen MR) is 48.7 cm³/mol. The molecule has 12 heavy (non-hydrogen) atoms. The van der Waals surface area contributed by atoms with E-state index in [2.05, 4.69) is 9.18 Å². The van der Waals surface area contributed by atoms with E-state index in [9.17, 15) is 8.42 Å². The highest BCUT2D eigenvalue weighted by Gasteiger charge is 2.17. The van der Waals surface area contributed by atoms with Crippen LogP contribution in [-0.2, 0) is 14.3 Å². The summed E-state index contributed by atoms with van der Waals surface area (Å²) in [7, 11) is -3.49. The number of hydrogen-bond donors (Lipinski definition) is 1. The molecule has 0 saturated heterocycles. The van der Waals surface area contributed by atoms with Crippen molar-refractivity contribution < 1.29 is 12.6 Å². The molecule has 70 valence electrons. The summed E-state index contributed by atoms with van der Waals surface area (Å²) >= 11 is 1.30. The Kier molecular flexibility index (Phi) is 3.36. The molecule has 0 spiro atoms. The van der Waals surface area contributed by atoms with Crippen LogP contribution in [-0.4, -0.2) is 38.2 Å². The molecule has 0 fully saturated rings. The molecule has 1 heterocycles. The second kappa shape index (κ2) is 4.11. The molecule has 1 aliphatic heterocycles. The minimum Gasteiger partial charge on any atom is -0.355 e. The lowest BCUT2D eigenvalue weighted by Gasteiger charge is -2.02. The van der Waals surface area contributed by atoms with Crippen LogP contribution >= 0.6 is 11.8 Å². The molecule has 5 nitrogen and oxygen atoms in total. The maximum absolute atomic E-state index is 11.0. The highest BCUT2D eigenvalue weighted by atomic mass is 32.2. The lowest BCUT2D eigenvalue weighted by molar-refractivity contribution is 0.488. The van der Waals surface area contributed by atoms with E-state index in [-0.39, 0.29) is 17.5 Å². The summed E-state index contributed by atoms with van der Waals surface area (Å²) in [6.45, 7) is 0.693. The number of nitrogens with zero attached hydrogens (tertiary/aromatic N) is 1. The van der Waals surface area contributed by atoms with Gasteiger partial charge in [-0.2, -0.15) is 8.42 Å². The third-order valence-corrected chi connectivity index (χ3v) is 3.22. The molecule has 0 unspecified atom stereocenters. The molecule has 0 radical (unpaired) electrons. The maximum atomic E-state index is 11.0. The fourth-order valence-corrected chi connectivity index (χ4v) is 2.35. The van der Waals surface area contributed by atoms with Gasteiger partial charge in [-0.1, -0.05) is 11.8 Å². The van der Waals surface area contributed by atoms with Crippen LogP contribution in [0.15, 0.2) is 4.99 Å². The molecular weight excluding hydrogens is 200 g/mol. The van der Waals surface area contributed by atoms with E-state index in [1.807, 2.05) is 0 Å². The van der Waals surface area contributed by atoms with Crippen LogP contribution in [0.2, 0.25) is 0 Å². The van der Waals surface area contributed by atoms with Crippen molar-refractivity contribution in [1.82, 2.24) is 0 Å². The topological polar surface area (TPSA) is 81.8 Å². The van der Waals surface area contributed by atoms with Crippen molar-refractivity contribution in [3.05, 3.63) is 0 Å². The summed E-state index contributed by atoms with van der Waals surface area (Å²) in [6, 6.07) is 0. The monoisotopic (exact) mass is 210 g/mol. The smallest absolute Gasteiger partial charge is 0.312 e. The minimum atomic E-state index is -3.49. The Morgan fingerprint density at radius 1 is 1.67 bits per heavy atom. The van der Waals surface area contributed by atoms with E-state index in [1.54, 1.807) is 0 Å². The van der Waals surface area contributed by atoms with Gasteiger partial charge in [0.05, 0.1) is 12.3 Å². The molecule has 0 atom stereocenters. The van der Waals surface area contributed by atoms with Crippen LogP contribution in [0.25, 0.3) is 0 Å². The van der Waals surface area contributed by atoms with Gasteiger partial charge in [-0.3, -0.25) is 0 Å². The SMILES string of the molecule is NCCS(=O)(=O)OC1=NCCS1. The van der Waals surface area contributed by atoms with Crippen molar-refractivity contribution in [2.75, 3.05) is 24.6 Å². The van der Waals surface area contributed by atoms with Crippen LogP contribution in [0, 0.1) is 0 Å². The zero-order valence-electron chi connectivity index (χ0n) is 6.39. The second-order valence-electron chi connectivity index (χ2n) is 2.13. The van der Waals surface area contributed by atoms with Gasteiger partial charge in [0, 0.05) is 12.3 Å². The van der Waals surface area contributed by atoms with E-state index in [4.69, 9.17) is 5.73 Å². The average molecular weight is 210 g/mol. The number of thioether (sulfide) groups is 1. The first-order valence-corrected chi connectivity index (χ1v) is 6.00. The van der Waals surface area contributed by atoms with Gasteiger partial charge in [0.25, 0.3) is 5.23 Å². The van der Waals surface area contributed by atoms with Gasteiger partial charge in [-0.15, -0.1) is 0 Å². The van der Waals surface area contributed by atoms with E-state index < -0.39 is 10.1 Å². The second-order valence-corrected chi connectivity index (χ2v) is 4.87. The molecule has 7 heteroatoms. The number of nitrogens with two attached hydrogens (primary N) is 1. The fourth-order valence-electron chi connectivity index (χ4n) is 0.661. The van der Waals surface area contributed by atoms with E-state index in [0.717, 1.165) is 5.75 Å². The molecule has 1 aliphatic rings. The van der Waals surface area contributed by atoms with Crippen LogP contribution in [0.5, 0.6) is 0 Å². The summed E-state index contributed by atoms with van der Waals surface area (Å²) < 4.78 is 26.6. The van der Waals surface area contributed by atoms with Crippen LogP contribution in [0.1, 0.15) is 0 Å². The molecular formula is C5H10N2O3S2. The van der Waals surface area contributed by atoms with Crippen molar-refractivity contribution in [3.8, 4) is 0 Å². The van der Waals surface area contributed by atoms with Crippen LogP contribution in [0.3, 0.4) is 0 Å². The highest BCUT2D eigenvalue weighted by Crippen LogP contribution is 2.14.